The van der Waals surface area contributed by atoms with Crippen LogP contribution in [0.15, 0.2) is 48.5 Å². The van der Waals surface area contributed by atoms with Crippen LogP contribution in [0.1, 0.15) is 42.5 Å². The Labute approximate surface area is 144 Å². The van der Waals surface area contributed by atoms with Crippen LogP contribution in [0, 0.1) is 0 Å². The second-order valence-corrected chi connectivity index (χ2v) is 7.01. The molecule has 2 N–H and O–H groups in total. The second-order valence-electron chi connectivity index (χ2n) is 7.01. The first-order valence-electron chi connectivity index (χ1n) is 9.10. The van der Waals surface area contributed by atoms with Gasteiger partial charge in [-0.15, -0.1) is 0 Å². The highest BCUT2D eigenvalue weighted by atomic mass is 16.5. The van der Waals surface area contributed by atoms with Crippen LogP contribution in [0.25, 0.3) is 0 Å². The van der Waals surface area contributed by atoms with Crippen LogP contribution in [0.4, 0.5) is 0 Å². The zero-order chi connectivity index (χ0) is 16.4. The Hall–Kier alpha value is -1.84. The molecule has 0 radical (unpaired) electrons. The third-order valence-corrected chi connectivity index (χ3v) is 5.18. The first kappa shape index (κ1) is 15.7. The molecule has 126 valence electrons. The fraction of sp³-hybridized carbons (Fsp3) is 0.429. The molecule has 3 atom stereocenters. The number of hydrogen-bond donors (Lipinski definition) is 2. The van der Waals surface area contributed by atoms with Crippen LogP contribution < -0.4 is 15.4 Å². The van der Waals surface area contributed by atoms with E-state index in [4.69, 9.17) is 4.74 Å². The molecule has 0 aromatic heterocycles. The number of para-hydroxylation sites is 1. The third kappa shape index (κ3) is 3.19. The Balaban J connectivity index is 1.48. The Morgan fingerprint density at radius 2 is 2.00 bits per heavy atom. The van der Waals surface area contributed by atoms with E-state index in [2.05, 4.69) is 66.1 Å². The molecule has 2 aromatic carbocycles. The first-order valence-corrected chi connectivity index (χ1v) is 9.10. The smallest absolute Gasteiger partial charge is 0.127 e. The molecule has 2 aliphatic heterocycles. The van der Waals surface area contributed by atoms with Gasteiger partial charge < -0.3 is 15.4 Å². The van der Waals surface area contributed by atoms with Gasteiger partial charge in [-0.3, -0.25) is 0 Å². The summed E-state index contributed by atoms with van der Waals surface area (Å²) in [5, 5.41) is 7.48. The number of ether oxygens (including phenoxy) is 1. The highest BCUT2D eigenvalue weighted by Gasteiger charge is 2.27. The molecule has 0 spiro atoms. The van der Waals surface area contributed by atoms with Gasteiger partial charge in [0.15, 0.2) is 0 Å². The lowest BCUT2D eigenvalue weighted by Crippen LogP contribution is -2.45. The first-order chi connectivity index (χ1) is 11.8. The minimum absolute atomic E-state index is 0.301. The Kier molecular flexibility index (Phi) is 4.54. The maximum Gasteiger partial charge on any atom is 0.127 e. The summed E-state index contributed by atoms with van der Waals surface area (Å²) in [7, 11) is 0. The van der Waals surface area contributed by atoms with Crippen molar-refractivity contribution in [3.05, 3.63) is 65.2 Å². The molecule has 2 aliphatic rings. The van der Waals surface area contributed by atoms with Gasteiger partial charge in [0.1, 0.15) is 11.9 Å². The van der Waals surface area contributed by atoms with Gasteiger partial charge in [0.25, 0.3) is 0 Å². The molecule has 1 fully saturated rings. The number of benzene rings is 2. The number of hydrogen-bond acceptors (Lipinski definition) is 3. The minimum atomic E-state index is 0.301. The Morgan fingerprint density at radius 3 is 2.88 bits per heavy atom. The van der Waals surface area contributed by atoms with Gasteiger partial charge in [-0.25, -0.2) is 0 Å². The minimum Gasteiger partial charge on any atom is -0.490 e. The van der Waals surface area contributed by atoms with E-state index < -0.39 is 0 Å². The number of piperidine rings is 1. The second kappa shape index (κ2) is 6.96. The van der Waals surface area contributed by atoms with Crippen molar-refractivity contribution in [3.63, 3.8) is 0 Å². The monoisotopic (exact) mass is 322 g/mol. The molecule has 4 rings (SSSR count). The Morgan fingerprint density at radius 1 is 1.12 bits per heavy atom. The van der Waals surface area contributed by atoms with Crippen LogP contribution in [-0.2, 0) is 13.0 Å². The van der Waals surface area contributed by atoms with Gasteiger partial charge in [-0.2, -0.15) is 0 Å². The lowest BCUT2D eigenvalue weighted by Gasteiger charge is -2.34. The lowest BCUT2D eigenvalue weighted by molar-refractivity contribution is 0.250. The van der Waals surface area contributed by atoms with Crippen molar-refractivity contribution in [1.82, 2.24) is 10.6 Å². The van der Waals surface area contributed by atoms with Gasteiger partial charge in [-0.05, 0) is 37.4 Å². The molecule has 1 saturated heterocycles. The van der Waals surface area contributed by atoms with Crippen molar-refractivity contribution in [3.8, 4) is 5.75 Å². The van der Waals surface area contributed by atoms with Crippen LogP contribution in [-0.4, -0.2) is 18.7 Å². The summed E-state index contributed by atoms with van der Waals surface area (Å²) in [5.41, 5.74) is 4.01. The molecule has 2 heterocycles. The number of nitrogens with one attached hydrogen (secondary N) is 2. The third-order valence-electron chi connectivity index (χ3n) is 5.18. The highest BCUT2D eigenvalue weighted by molar-refractivity contribution is 5.44. The van der Waals surface area contributed by atoms with E-state index in [1.165, 1.54) is 29.5 Å². The molecule has 0 saturated carbocycles. The lowest BCUT2D eigenvalue weighted by atomic mass is 9.92. The van der Waals surface area contributed by atoms with Crippen molar-refractivity contribution in [1.29, 1.82) is 0 Å². The summed E-state index contributed by atoms with van der Waals surface area (Å²) in [5.74, 6) is 1.11. The van der Waals surface area contributed by atoms with E-state index in [1.807, 2.05) is 0 Å². The summed E-state index contributed by atoms with van der Waals surface area (Å²) >= 11 is 0. The normalized spacial score (nSPS) is 26.0. The van der Waals surface area contributed by atoms with Crippen molar-refractivity contribution in [2.45, 2.75) is 50.9 Å². The van der Waals surface area contributed by atoms with E-state index in [1.54, 1.807) is 0 Å². The SMILES string of the molecule is CC1Cc2cccc(CN[C@H]3CCCN[C@H]3c3ccccc3)c2O1. The number of rotatable bonds is 4. The fourth-order valence-electron chi connectivity index (χ4n) is 4.00. The maximum atomic E-state index is 6.03. The highest BCUT2D eigenvalue weighted by Crippen LogP contribution is 2.33. The molecule has 1 unspecified atom stereocenters. The molecule has 3 heteroatoms. The van der Waals surface area contributed by atoms with Crippen LogP contribution in [0.5, 0.6) is 5.75 Å². The summed E-state index contributed by atoms with van der Waals surface area (Å²) < 4.78 is 6.03. The fourth-order valence-corrected chi connectivity index (χ4v) is 4.00. The average molecular weight is 322 g/mol. The molecule has 24 heavy (non-hydrogen) atoms. The predicted molar refractivity (Wildman–Crippen MR) is 97.3 cm³/mol. The summed E-state index contributed by atoms with van der Waals surface area (Å²) in [6.07, 6.45) is 3.76. The summed E-state index contributed by atoms with van der Waals surface area (Å²) in [6, 6.07) is 18.2. The van der Waals surface area contributed by atoms with Crippen LogP contribution >= 0.6 is 0 Å². The molecular weight excluding hydrogens is 296 g/mol. The Bertz CT molecular complexity index is 685. The van der Waals surface area contributed by atoms with Crippen molar-refractivity contribution >= 4 is 0 Å². The maximum absolute atomic E-state index is 6.03. The molecule has 3 nitrogen and oxygen atoms in total. The molecule has 2 aromatic rings. The predicted octanol–water partition coefficient (Wildman–Crippen LogP) is 3.59. The average Bonchev–Trinajstić information content (AvgIpc) is 3.02. The van der Waals surface area contributed by atoms with E-state index in [-0.39, 0.29) is 0 Å². The quantitative estimate of drug-likeness (QED) is 0.902. The van der Waals surface area contributed by atoms with E-state index in [0.717, 1.165) is 25.3 Å². The van der Waals surface area contributed by atoms with Crippen molar-refractivity contribution < 1.29 is 4.74 Å². The van der Waals surface area contributed by atoms with Crippen molar-refractivity contribution in [2.24, 2.45) is 0 Å². The molecule has 0 amide bonds. The van der Waals surface area contributed by atoms with Crippen LogP contribution in [0.3, 0.4) is 0 Å². The molecule has 0 aliphatic carbocycles. The van der Waals surface area contributed by atoms with Gasteiger partial charge >= 0.3 is 0 Å². The zero-order valence-electron chi connectivity index (χ0n) is 14.3. The van der Waals surface area contributed by atoms with Gasteiger partial charge in [0.05, 0.1) is 0 Å². The zero-order valence-corrected chi connectivity index (χ0v) is 14.3. The molecule has 0 bridgehead atoms. The summed E-state index contributed by atoms with van der Waals surface area (Å²) in [4.78, 5) is 0. The van der Waals surface area contributed by atoms with Crippen molar-refractivity contribution in [2.75, 3.05) is 6.54 Å². The van der Waals surface area contributed by atoms with Crippen LogP contribution in [0.2, 0.25) is 0 Å². The number of fused-ring (bicyclic) bond motifs is 1. The molecular formula is C21H26N2O. The van der Waals surface area contributed by atoms with Gasteiger partial charge in [-0.1, -0.05) is 48.5 Å². The van der Waals surface area contributed by atoms with E-state index in [0.29, 0.717) is 18.2 Å². The van der Waals surface area contributed by atoms with E-state index >= 15 is 0 Å². The largest absolute Gasteiger partial charge is 0.490 e. The standard InChI is InChI=1S/C21H26N2O/c1-15-13-17-9-5-10-18(21(17)24-15)14-23-19-11-6-12-22-20(19)16-7-3-2-4-8-16/h2-5,7-10,15,19-20,22-23H,6,11-14H2,1H3/t15?,19-,20-/m0/s1. The topological polar surface area (TPSA) is 33.3 Å². The van der Waals surface area contributed by atoms with Gasteiger partial charge in [0.2, 0.25) is 0 Å². The van der Waals surface area contributed by atoms with Gasteiger partial charge in [0, 0.05) is 30.6 Å². The summed E-state index contributed by atoms with van der Waals surface area (Å²) in [6.45, 7) is 4.11. The van der Waals surface area contributed by atoms with E-state index in [9.17, 15) is 0 Å².